The molecule has 0 radical (unpaired) electrons. The Morgan fingerprint density at radius 2 is 0.930 bits per heavy atom. The number of thiazole rings is 2. The van der Waals surface area contributed by atoms with E-state index < -0.39 is 35.3 Å². The Hall–Kier alpha value is -8.08. The van der Waals surface area contributed by atoms with Crippen LogP contribution in [0, 0.1) is 27.7 Å². The molecule has 0 aliphatic carbocycles. The molecule has 4 heterocycles. The summed E-state index contributed by atoms with van der Waals surface area (Å²) in [5.74, 6) is -2.07. The highest BCUT2D eigenvalue weighted by Crippen LogP contribution is 2.47. The zero-order valence-electron chi connectivity index (χ0n) is 49.4. The zero-order valence-corrected chi connectivity index (χ0v) is 52.5. The van der Waals surface area contributed by atoms with Crippen molar-refractivity contribution in [2.75, 3.05) is 0 Å². The monoisotopic (exact) mass is 1220 g/mol. The second-order valence-electron chi connectivity index (χ2n) is 23.5. The van der Waals surface area contributed by atoms with Crippen LogP contribution in [0.5, 0.6) is 0 Å². The lowest BCUT2D eigenvalue weighted by molar-refractivity contribution is -0.161. The average molecular weight is 1220 g/mol. The van der Waals surface area contributed by atoms with Gasteiger partial charge < -0.3 is 19.7 Å². The summed E-state index contributed by atoms with van der Waals surface area (Å²) >= 11 is 15.6. The van der Waals surface area contributed by atoms with Gasteiger partial charge in [0.05, 0.1) is 61.5 Å². The molecule has 12 aromatic rings. The van der Waals surface area contributed by atoms with Gasteiger partial charge in [-0.2, -0.15) is 10.2 Å². The Morgan fingerprint density at radius 3 is 1.37 bits per heavy atom. The van der Waals surface area contributed by atoms with Crippen molar-refractivity contribution >= 4 is 100 Å². The van der Waals surface area contributed by atoms with Crippen molar-refractivity contribution in [2.24, 2.45) is 0 Å². The van der Waals surface area contributed by atoms with Crippen molar-refractivity contribution in [2.45, 2.75) is 106 Å². The van der Waals surface area contributed by atoms with Gasteiger partial charge >= 0.3 is 11.9 Å². The number of hydrogen-bond acceptors (Lipinski definition) is 10. The lowest BCUT2D eigenvalue weighted by Gasteiger charge is -2.28. The van der Waals surface area contributed by atoms with E-state index in [1.807, 2.05) is 175 Å². The van der Waals surface area contributed by atoms with E-state index in [9.17, 15) is 19.8 Å². The molecule has 0 spiro atoms. The maximum absolute atomic E-state index is 12.6. The standard InChI is InChI=1S/2C35H32ClN3O3S/c1-20-17-27-32(30(23-11-14-25(36)15-12-23)29(20)31(34(40)41)42-35(3,4)5)43-33(37-27)24-13-16-28-26(18-24)21(2)38-39(28)19-22-9-7-6-8-10-22;1-20-17-28-32(30(23-11-14-25(36)15-12-23)29(20)31(34(40)41)42-35(3,4)5)43-33(37-28)24-13-16-27-26(18-24)21(2)39(38-27)19-22-9-7-6-8-10-22/h2*6-18,31H,19H2,1-5H3,(H,40,41)/t2*31-/m00/s1. The van der Waals surface area contributed by atoms with Crippen LogP contribution in [0.3, 0.4) is 0 Å². The molecular formula is C70H64Cl2N6O6S2. The molecule has 0 saturated heterocycles. The van der Waals surface area contributed by atoms with E-state index >= 15 is 0 Å². The number of carbonyl (C=O) groups is 2. The number of nitrogens with zero attached hydrogens (tertiary/aromatic N) is 6. The van der Waals surface area contributed by atoms with Gasteiger partial charge in [0.1, 0.15) is 10.0 Å². The molecule has 16 heteroatoms. The molecular weight excluding hydrogens is 1160 g/mol. The summed E-state index contributed by atoms with van der Waals surface area (Å²) in [4.78, 5) is 35.4. The van der Waals surface area contributed by atoms with Crippen molar-refractivity contribution in [3.63, 3.8) is 0 Å². The fourth-order valence-corrected chi connectivity index (χ4v) is 13.5. The minimum Gasteiger partial charge on any atom is -0.479 e. The van der Waals surface area contributed by atoms with Gasteiger partial charge in [0.2, 0.25) is 0 Å². The van der Waals surface area contributed by atoms with Gasteiger partial charge in [-0.25, -0.2) is 19.6 Å². The molecule has 12 rings (SSSR count). The molecule has 0 fully saturated rings. The smallest absolute Gasteiger partial charge is 0.337 e. The molecule has 0 aliphatic heterocycles. The summed E-state index contributed by atoms with van der Waals surface area (Å²) in [6.45, 7) is 20.5. The van der Waals surface area contributed by atoms with Crippen LogP contribution in [0.15, 0.2) is 158 Å². The van der Waals surface area contributed by atoms with Gasteiger partial charge in [0.25, 0.3) is 0 Å². The summed E-state index contributed by atoms with van der Waals surface area (Å²) in [5.41, 5.74) is 14.9. The van der Waals surface area contributed by atoms with Crippen LogP contribution in [-0.2, 0) is 32.2 Å². The third kappa shape index (κ3) is 12.6. The van der Waals surface area contributed by atoms with Gasteiger partial charge in [-0.05, 0) is 175 Å². The molecule has 0 aliphatic rings. The van der Waals surface area contributed by atoms with Crippen LogP contribution in [0.1, 0.15) is 98.5 Å². The average Bonchev–Trinajstić information content (AvgIpc) is 1.53. The van der Waals surface area contributed by atoms with Gasteiger partial charge in [-0.1, -0.05) is 108 Å². The highest BCUT2D eigenvalue weighted by atomic mass is 35.5. The number of carboxylic acids is 2. The van der Waals surface area contributed by atoms with E-state index in [0.29, 0.717) is 34.3 Å². The van der Waals surface area contributed by atoms with Gasteiger partial charge in [0.15, 0.2) is 12.2 Å². The van der Waals surface area contributed by atoms with Crippen LogP contribution in [0.25, 0.3) is 85.6 Å². The maximum Gasteiger partial charge on any atom is 0.337 e. The number of aryl methyl sites for hydroxylation is 4. The minimum atomic E-state index is -1.16. The number of halogens is 2. The molecule has 436 valence electrons. The second kappa shape index (κ2) is 24.0. The van der Waals surface area contributed by atoms with Crippen LogP contribution in [-0.4, -0.2) is 62.9 Å². The van der Waals surface area contributed by atoms with Gasteiger partial charge in [0, 0.05) is 59.9 Å². The van der Waals surface area contributed by atoms with Gasteiger partial charge in [-0.3, -0.25) is 9.36 Å². The molecule has 2 N–H and O–H groups in total. The number of aromatic nitrogens is 6. The van der Waals surface area contributed by atoms with Crippen molar-refractivity contribution in [3.8, 4) is 43.4 Å². The molecule has 0 amide bonds. The van der Waals surface area contributed by atoms with E-state index in [1.165, 1.54) is 11.1 Å². The molecule has 2 atom stereocenters. The Kier molecular flexibility index (Phi) is 16.6. The highest BCUT2D eigenvalue weighted by Gasteiger charge is 2.34. The Bertz CT molecular complexity index is 4350. The number of rotatable bonds is 14. The lowest BCUT2D eigenvalue weighted by atomic mass is 9.91. The van der Waals surface area contributed by atoms with Crippen molar-refractivity contribution in [3.05, 3.63) is 213 Å². The first kappa shape index (κ1) is 59.6. The first-order valence-electron chi connectivity index (χ1n) is 28.2. The normalized spacial score (nSPS) is 12.7. The number of ether oxygens (including phenoxy) is 2. The number of benzene rings is 8. The Balaban J connectivity index is 0.000000179. The van der Waals surface area contributed by atoms with Gasteiger partial charge in [-0.15, -0.1) is 22.7 Å². The number of aliphatic carboxylic acids is 2. The van der Waals surface area contributed by atoms with Crippen molar-refractivity contribution in [1.82, 2.24) is 29.5 Å². The molecule has 0 unspecified atom stereocenters. The molecule has 0 saturated carbocycles. The lowest BCUT2D eigenvalue weighted by Crippen LogP contribution is -2.28. The predicted molar refractivity (Wildman–Crippen MR) is 350 cm³/mol. The SMILES string of the molecule is Cc1cc2nc(-c3ccc4c(c3)c(C)nn4Cc3ccccc3)sc2c(-c2ccc(Cl)cc2)c1[C@H](OC(C)(C)C)C(=O)O.Cc1cc2nc(-c3ccc4nn(Cc5ccccc5)c(C)c4c3)sc2c(-c2ccc(Cl)cc2)c1[C@H](OC(C)(C)C)C(=O)O. The van der Waals surface area contributed by atoms with Crippen molar-refractivity contribution in [1.29, 1.82) is 0 Å². The third-order valence-corrected chi connectivity index (χ3v) is 17.6. The van der Waals surface area contributed by atoms with E-state index in [2.05, 4.69) is 61.5 Å². The van der Waals surface area contributed by atoms with E-state index in [-0.39, 0.29) is 0 Å². The highest BCUT2D eigenvalue weighted by molar-refractivity contribution is 7.22. The van der Waals surface area contributed by atoms with Crippen LogP contribution >= 0.6 is 45.9 Å². The summed E-state index contributed by atoms with van der Waals surface area (Å²) in [6.07, 6.45) is -2.31. The summed E-state index contributed by atoms with van der Waals surface area (Å²) in [5, 5.41) is 35.4. The van der Waals surface area contributed by atoms with Crippen molar-refractivity contribution < 1.29 is 29.3 Å². The summed E-state index contributed by atoms with van der Waals surface area (Å²) < 4.78 is 18.2. The number of carboxylic acid groups (broad SMARTS) is 2. The number of hydrogen-bond donors (Lipinski definition) is 2. The van der Waals surface area contributed by atoms with E-state index in [4.69, 9.17) is 52.8 Å². The molecule has 4 aromatic heterocycles. The summed E-state index contributed by atoms with van der Waals surface area (Å²) in [6, 6.07) is 52.1. The molecule has 8 aromatic carbocycles. The zero-order chi connectivity index (χ0) is 60.9. The largest absolute Gasteiger partial charge is 0.479 e. The first-order valence-corrected chi connectivity index (χ1v) is 30.6. The van der Waals surface area contributed by atoms with Crippen LogP contribution in [0.2, 0.25) is 10.0 Å². The fraction of sp³-hybridized carbons (Fsp3) is 0.229. The minimum absolute atomic E-state index is 0.608. The predicted octanol–water partition coefficient (Wildman–Crippen LogP) is 18.5. The maximum atomic E-state index is 12.6. The molecule has 86 heavy (non-hydrogen) atoms. The van der Waals surface area contributed by atoms with E-state index in [0.717, 1.165) is 108 Å². The van der Waals surface area contributed by atoms with Crippen LogP contribution < -0.4 is 0 Å². The fourth-order valence-electron chi connectivity index (χ4n) is 11.0. The first-order chi connectivity index (χ1) is 41.0. The summed E-state index contributed by atoms with van der Waals surface area (Å²) in [7, 11) is 0. The van der Waals surface area contributed by atoms with E-state index in [1.54, 1.807) is 22.7 Å². The second-order valence-corrected chi connectivity index (χ2v) is 26.4. The Labute approximate surface area is 517 Å². The molecule has 12 nitrogen and oxygen atoms in total. The Morgan fingerprint density at radius 1 is 0.512 bits per heavy atom. The van der Waals surface area contributed by atoms with Crippen LogP contribution in [0.4, 0.5) is 0 Å². The third-order valence-electron chi connectivity index (χ3n) is 14.8. The topological polar surface area (TPSA) is 154 Å². The molecule has 0 bridgehead atoms. The quantitative estimate of drug-likeness (QED) is 0.108. The number of fused-ring (bicyclic) bond motifs is 4.